The number of ether oxygens (including phenoxy) is 2. The van der Waals surface area contributed by atoms with Crippen LogP contribution in [0.3, 0.4) is 0 Å². The topological polar surface area (TPSA) is 73.6 Å². The van der Waals surface area contributed by atoms with Crippen LogP contribution in [0.2, 0.25) is 5.02 Å². The molecule has 2 aromatic rings. The standard InChI is InChI=1S/C16H14ClFN2O3S/c1-22-13-7-10(15(21)20-16(19)24)6-12(17)14(13)23-8-9-3-2-4-11(18)5-9/h2-7H,8H2,1H3,(H3,19,20,21,24). The van der Waals surface area contributed by atoms with E-state index < -0.39 is 5.91 Å². The fourth-order valence-electron chi connectivity index (χ4n) is 1.96. The summed E-state index contributed by atoms with van der Waals surface area (Å²) in [5, 5.41) is 2.31. The molecule has 0 aliphatic carbocycles. The zero-order valence-electron chi connectivity index (χ0n) is 12.6. The first-order valence-corrected chi connectivity index (χ1v) is 7.55. The van der Waals surface area contributed by atoms with E-state index in [2.05, 4.69) is 17.5 Å². The number of thiocarbonyl (C=S) groups is 1. The molecule has 0 saturated heterocycles. The fourth-order valence-corrected chi connectivity index (χ4v) is 2.32. The number of nitrogens with two attached hydrogens (primary N) is 1. The maximum absolute atomic E-state index is 13.2. The Bertz CT molecular complexity index is 786. The van der Waals surface area contributed by atoms with Crippen molar-refractivity contribution in [1.82, 2.24) is 5.32 Å². The molecule has 0 aromatic heterocycles. The third-order valence-corrected chi connectivity index (χ3v) is 3.38. The molecular formula is C16H14ClFN2O3S. The first-order valence-electron chi connectivity index (χ1n) is 6.76. The van der Waals surface area contributed by atoms with Gasteiger partial charge in [0.15, 0.2) is 16.6 Å². The van der Waals surface area contributed by atoms with Gasteiger partial charge < -0.3 is 15.2 Å². The number of amides is 1. The van der Waals surface area contributed by atoms with E-state index in [0.29, 0.717) is 5.56 Å². The van der Waals surface area contributed by atoms with E-state index >= 15 is 0 Å². The van der Waals surface area contributed by atoms with Gasteiger partial charge in [0.2, 0.25) is 0 Å². The molecule has 0 aliphatic rings. The molecule has 5 nitrogen and oxygen atoms in total. The van der Waals surface area contributed by atoms with Gasteiger partial charge in [-0.25, -0.2) is 4.39 Å². The highest BCUT2D eigenvalue weighted by molar-refractivity contribution is 7.80. The molecule has 24 heavy (non-hydrogen) atoms. The minimum Gasteiger partial charge on any atom is -0.493 e. The largest absolute Gasteiger partial charge is 0.493 e. The van der Waals surface area contributed by atoms with Gasteiger partial charge in [-0.3, -0.25) is 10.1 Å². The number of nitrogens with one attached hydrogen (secondary N) is 1. The van der Waals surface area contributed by atoms with Gasteiger partial charge >= 0.3 is 0 Å². The Balaban J connectivity index is 2.23. The summed E-state index contributed by atoms with van der Waals surface area (Å²) in [6, 6.07) is 8.83. The van der Waals surface area contributed by atoms with E-state index in [1.807, 2.05) is 0 Å². The second-order valence-electron chi connectivity index (χ2n) is 4.73. The molecule has 8 heteroatoms. The van der Waals surface area contributed by atoms with Crippen molar-refractivity contribution in [3.63, 3.8) is 0 Å². The number of carbonyl (C=O) groups excluding carboxylic acids is 1. The highest BCUT2D eigenvalue weighted by atomic mass is 35.5. The zero-order chi connectivity index (χ0) is 17.7. The van der Waals surface area contributed by atoms with Crippen LogP contribution in [0, 0.1) is 5.82 Å². The number of methoxy groups -OCH3 is 1. The van der Waals surface area contributed by atoms with Gasteiger partial charge in [-0.2, -0.15) is 0 Å². The molecule has 126 valence electrons. The normalized spacial score (nSPS) is 10.1. The molecular weight excluding hydrogens is 355 g/mol. The summed E-state index contributed by atoms with van der Waals surface area (Å²) >= 11 is 10.8. The van der Waals surface area contributed by atoms with Crippen LogP contribution in [-0.4, -0.2) is 18.1 Å². The molecule has 0 heterocycles. The Morgan fingerprint density at radius 1 is 1.38 bits per heavy atom. The van der Waals surface area contributed by atoms with E-state index in [9.17, 15) is 9.18 Å². The van der Waals surface area contributed by atoms with E-state index in [1.165, 1.54) is 31.4 Å². The Kier molecular flexibility index (Phi) is 5.94. The van der Waals surface area contributed by atoms with E-state index in [1.54, 1.807) is 12.1 Å². The van der Waals surface area contributed by atoms with Crippen molar-refractivity contribution in [3.05, 3.63) is 58.4 Å². The molecule has 0 bridgehead atoms. The molecule has 2 rings (SSSR count). The number of hydrogen-bond acceptors (Lipinski definition) is 4. The molecule has 0 radical (unpaired) electrons. The summed E-state index contributed by atoms with van der Waals surface area (Å²) in [6.45, 7) is 0.0896. The lowest BCUT2D eigenvalue weighted by atomic mass is 10.2. The van der Waals surface area contributed by atoms with Crippen LogP contribution >= 0.6 is 23.8 Å². The summed E-state index contributed by atoms with van der Waals surface area (Å²) in [5.74, 6) is -0.374. The van der Waals surface area contributed by atoms with Crippen molar-refractivity contribution >= 4 is 34.8 Å². The van der Waals surface area contributed by atoms with E-state index in [0.717, 1.165) is 0 Å². The number of halogens is 2. The molecule has 0 saturated carbocycles. The first-order chi connectivity index (χ1) is 11.4. The fraction of sp³-hybridized carbons (Fsp3) is 0.125. The van der Waals surface area contributed by atoms with Crippen LogP contribution in [0.25, 0.3) is 0 Å². The Morgan fingerprint density at radius 2 is 2.12 bits per heavy atom. The van der Waals surface area contributed by atoms with E-state index in [4.69, 9.17) is 26.8 Å². The summed E-state index contributed by atoms with van der Waals surface area (Å²) < 4.78 is 24.0. The van der Waals surface area contributed by atoms with Gasteiger partial charge in [-0.15, -0.1) is 0 Å². The van der Waals surface area contributed by atoms with Crippen molar-refractivity contribution in [1.29, 1.82) is 0 Å². The SMILES string of the molecule is COc1cc(C(=O)NC(N)=S)cc(Cl)c1OCc1cccc(F)c1. The second-order valence-corrected chi connectivity index (χ2v) is 5.57. The molecule has 2 aromatic carbocycles. The van der Waals surface area contributed by atoms with Gasteiger partial charge in [0.05, 0.1) is 12.1 Å². The van der Waals surface area contributed by atoms with Gasteiger partial charge in [0.1, 0.15) is 12.4 Å². The zero-order valence-corrected chi connectivity index (χ0v) is 14.2. The third-order valence-electron chi connectivity index (χ3n) is 3.00. The summed E-state index contributed by atoms with van der Waals surface area (Å²) in [5.41, 5.74) is 6.11. The number of carbonyl (C=O) groups is 1. The highest BCUT2D eigenvalue weighted by Gasteiger charge is 2.16. The molecule has 0 spiro atoms. The summed E-state index contributed by atoms with van der Waals surface area (Å²) in [6.07, 6.45) is 0. The van der Waals surface area contributed by atoms with Gasteiger partial charge in [-0.05, 0) is 42.0 Å². The smallest absolute Gasteiger partial charge is 0.257 e. The van der Waals surface area contributed by atoms with Crippen LogP contribution < -0.4 is 20.5 Å². The maximum atomic E-state index is 13.2. The summed E-state index contributed by atoms with van der Waals surface area (Å²) in [7, 11) is 1.41. The predicted molar refractivity (Wildman–Crippen MR) is 93.0 cm³/mol. The Labute approximate surface area is 148 Å². The molecule has 0 aliphatic heterocycles. The monoisotopic (exact) mass is 368 g/mol. The Morgan fingerprint density at radius 3 is 2.75 bits per heavy atom. The second kappa shape index (κ2) is 7.94. The quantitative estimate of drug-likeness (QED) is 0.793. The first kappa shape index (κ1) is 18.0. The number of benzene rings is 2. The molecule has 3 N–H and O–H groups in total. The molecule has 0 atom stereocenters. The van der Waals surface area contributed by atoms with Crippen molar-refractivity contribution in [2.45, 2.75) is 6.61 Å². The van der Waals surface area contributed by atoms with Crippen LogP contribution in [0.5, 0.6) is 11.5 Å². The maximum Gasteiger partial charge on any atom is 0.257 e. The average Bonchev–Trinajstić information content (AvgIpc) is 2.52. The lowest BCUT2D eigenvalue weighted by molar-refractivity contribution is 0.0977. The minimum atomic E-state index is -0.514. The van der Waals surface area contributed by atoms with Crippen molar-refractivity contribution < 1.29 is 18.7 Å². The van der Waals surface area contributed by atoms with Crippen molar-refractivity contribution in [2.75, 3.05) is 7.11 Å². The molecule has 1 amide bonds. The third kappa shape index (κ3) is 4.56. The van der Waals surface area contributed by atoms with Crippen molar-refractivity contribution in [2.24, 2.45) is 5.73 Å². The minimum absolute atomic E-state index is 0.0896. The number of hydrogen-bond donors (Lipinski definition) is 2. The lowest BCUT2D eigenvalue weighted by Gasteiger charge is -2.14. The van der Waals surface area contributed by atoms with Gasteiger partial charge in [-0.1, -0.05) is 23.7 Å². The highest BCUT2D eigenvalue weighted by Crippen LogP contribution is 2.37. The molecule has 0 fully saturated rings. The van der Waals surface area contributed by atoms with Gasteiger partial charge in [0, 0.05) is 5.56 Å². The van der Waals surface area contributed by atoms with Crippen LogP contribution in [0.15, 0.2) is 36.4 Å². The Hall–Kier alpha value is -2.38. The van der Waals surface area contributed by atoms with Crippen LogP contribution in [0.1, 0.15) is 15.9 Å². The average molecular weight is 369 g/mol. The predicted octanol–water partition coefficient (Wildman–Crippen LogP) is 3.04. The summed E-state index contributed by atoms with van der Waals surface area (Å²) in [4.78, 5) is 11.9. The van der Waals surface area contributed by atoms with Crippen LogP contribution in [-0.2, 0) is 6.61 Å². The van der Waals surface area contributed by atoms with Gasteiger partial charge in [0.25, 0.3) is 5.91 Å². The van der Waals surface area contributed by atoms with Crippen LogP contribution in [0.4, 0.5) is 4.39 Å². The molecule has 0 unspecified atom stereocenters. The number of rotatable bonds is 5. The van der Waals surface area contributed by atoms with Crippen molar-refractivity contribution in [3.8, 4) is 11.5 Å². The lowest BCUT2D eigenvalue weighted by Crippen LogP contribution is -2.34. The van der Waals surface area contributed by atoms with E-state index in [-0.39, 0.29) is 39.6 Å².